The van der Waals surface area contributed by atoms with Crippen molar-refractivity contribution in [1.29, 1.82) is 0 Å². The third-order valence-electron chi connectivity index (χ3n) is 5.35. The lowest BCUT2D eigenvalue weighted by molar-refractivity contribution is -0.137. The summed E-state index contributed by atoms with van der Waals surface area (Å²) in [6.45, 7) is 0.510. The zero-order valence-electron chi connectivity index (χ0n) is 17.8. The van der Waals surface area contributed by atoms with Crippen LogP contribution in [-0.4, -0.2) is 19.7 Å². The molecule has 170 valence electrons. The summed E-state index contributed by atoms with van der Waals surface area (Å²) in [5.41, 5.74) is 8.86. The van der Waals surface area contributed by atoms with E-state index in [-0.39, 0.29) is 5.82 Å². The normalized spacial score (nSPS) is 11.6. The molecule has 0 fully saturated rings. The quantitative estimate of drug-likeness (QED) is 0.352. The minimum atomic E-state index is -4.43. The Hall–Kier alpha value is -4.40. The Morgan fingerprint density at radius 3 is 2.12 bits per heavy atom. The van der Waals surface area contributed by atoms with Crippen molar-refractivity contribution in [3.8, 4) is 16.9 Å². The monoisotopic (exact) mass is 460 g/mol. The minimum absolute atomic E-state index is 0.239. The van der Waals surface area contributed by atoms with Crippen molar-refractivity contribution < 1.29 is 13.2 Å². The van der Waals surface area contributed by atoms with Gasteiger partial charge in [-0.1, -0.05) is 60.7 Å². The number of nitrogens with two attached hydrogens (primary N) is 1. The van der Waals surface area contributed by atoms with Crippen LogP contribution in [0.3, 0.4) is 0 Å². The second kappa shape index (κ2) is 8.51. The Morgan fingerprint density at radius 2 is 1.47 bits per heavy atom. The number of fused-ring (bicyclic) bond motifs is 1. The Balaban J connectivity index is 1.60. The molecular formula is C25H19F3N6. The van der Waals surface area contributed by atoms with Gasteiger partial charge in [0.1, 0.15) is 5.82 Å². The SMILES string of the molecule is Nc1c2c(-c3ccccc3)nc(NCc3ccccc3)nc2nn1-c1ccc(C(F)(F)F)cc1. The van der Waals surface area contributed by atoms with Crippen LogP contribution in [0.5, 0.6) is 0 Å². The molecule has 0 saturated carbocycles. The van der Waals surface area contributed by atoms with Gasteiger partial charge in [0.25, 0.3) is 0 Å². The number of alkyl halides is 3. The van der Waals surface area contributed by atoms with Gasteiger partial charge in [-0.2, -0.15) is 18.2 Å². The standard InChI is InChI=1S/C25H19F3N6/c26-25(27,28)18-11-13-19(14-12-18)34-22(29)20-21(17-9-5-2-6-10-17)31-24(32-23(20)33-34)30-15-16-7-3-1-4-8-16/h1-14H,15,29H2,(H,30,32,33). The van der Waals surface area contributed by atoms with Gasteiger partial charge in [-0.15, -0.1) is 5.10 Å². The Kier molecular flexibility index (Phi) is 5.37. The van der Waals surface area contributed by atoms with E-state index in [2.05, 4.69) is 15.4 Å². The lowest BCUT2D eigenvalue weighted by Crippen LogP contribution is -2.06. The molecule has 3 N–H and O–H groups in total. The summed E-state index contributed by atoms with van der Waals surface area (Å²) in [6.07, 6.45) is -4.43. The highest BCUT2D eigenvalue weighted by molar-refractivity contribution is 5.99. The van der Waals surface area contributed by atoms with E-state index in [1.165, 1.54) is 16.8 Å². The smallest absolute Gasteiger partial charge is 0.383 e. The molecule has 0 spiro atoms. The van der Waals surface area contributed by atoms with Gasteiger partial charge in [0.2, 0.25) is 5.95 Å². The van der Waals surface area contributed by atoms with Gasteiger partial charge in [-0.05, 0) is 29.8 Å². The molecule has 0 radical (unpaired) electrons. The summed E-state index contributed by atoms with van der Waals surface area (Å²) >= 11 is 0. The zero-order chi connectivity index (χ0) is 23.7. The van der Waals surface area contributed by atoms with Crippen LogP contribution in [0.15, 0.2) is 84.9 Å². The second-order valence-electron chi connectivity index (χ2n) is 7.64. The average molecular weight is 460 g/mol. The van der Waals surface area contributed by atoms with Crippen molar-refractivity contribution in [1.82, 2.24) is 19.7 Å². The molecule has 34 heavy (non-hydrogen) atoms. The van der Waals surface area contributed by atoms with E-state index in [0.717, 1.165) is 23.3 Å². The molecule has 9 heteroatoms. The van der Waals surface area contributed by atoms with E-state index < -0.39 is 11.7 Å². The van der Waals surface area contributed by atoms with Crippen LogP contribution in [0.25, 0.3) is 28.0 Å². The third kappa shape index (κ3) is 4.15. The molecule has 0 aliphatic carbocycles. The van der Waals surface area contributed by atoms with Crippen LogP contribution in [0.2, 0.25) is 0 Å². The van der Waals surface area contributed by atoms with Crippen LogP contribution >= 0.6 is 0 Å². The van der Waals surface area contributed by atoms with E-state index in [0.29, 0.717) is 34.9 Å². The van der Waals surface area contributed by atoms with Crippen molar-refractivity contribution in [2.75, 3.05) is 11.1 Å². The molecule has 5 aromatic rings. The van der Waals surface area contributed by atoms with Gasteiger partial charge >= 0.3 is 6.18 Å². The highest BCUT2D eigenvalue weighted by atomic mass is 19.4. The number of nitrogen functional groups attached to an aromatic ring is 1. The maximum Gasteiger partial charge on any atom is 0.416 e. The first-order valence-electron chi connectivity index (χ1n) is 10.5. The van der Waals surface area contributed by atoms with Gasteiger partial charge in [-0.3, -0.25) is 0 Å². The number of aromatic nitrogens is 4. The number of halogens is 3. The largest absolute Gasteiger partial charge is 0.416 e. The highest BCUT2D eigenvalue weighted by Crippen LogP contribution is 2.34. The first-order chi connectivity index (χ1) is 16.4. The van der Waals surface area contributed by atoms with Crippen LogP contribution in [-0.2, 0) is 12.7 Å². The minimum Gasteiger partial charge on any atom is -0.383 e. The van der Waals surface area contributed by atoms with Crippen molar-refractivity contribution in [2.24, 2.45) is 0 Å². The van der Waals surface area contributed by atoms with Gasteiger partial charge in [-0.25, -0.2) is 9.67 Å². The van der Waals surface area contributed by atoms with Gasteiger partial charge < -0.3 is 11.1 Å². The maximum atomic E-state index is 13.0. The summed E-state index contributed by atoms with van der Waals surface area (Å²) < 4.78 is 40.3. The molecule has 2 aromatic heterocycles. The number of nitrogens with zero attached hydrogens (tertiary/aromatic N) is 4. The zero-order valence-corrected chi connectivity index (χ0v) is 17.8. The molecule has 0 bridgehead atoms. The predicted molar refractivity (Wildman–Crippen MR) is 125 cm³/mol. The molecule has 2 heterocycles. The third-order valence-corrected chi connectivity index (χ3v) is 5.35. The molecule has 0 unspecified atom stereocenters. The first kappa shape index (κ1) is 21.4. The van der Waals surface area contributed by atoms with E-state index >= 15 is 0 Å². The van der Waals surface area contributed by atoms with Crippen molar-refractivity contribution in [3.63, 3.8) is 0 Å². The number of rotatable bonds is 5. The van der Waals surface area contributed by atoms with Gasteiger partial charge in [0, 0.05) is 12.1 Å². The number of anilines is 2. The molecule has 0 aliphatic heterocycles. The highest BCUT2D eigenvalue weighted by Gasteiger charge is 2.30. The van der Waals surface area contributed by atoms with Crippen molar-refractivity contribution in [2.45, 2.75) is 12.7 Å². The summed E-state index contributed by atoms with van der Waals surface area (Å²) in [6, 6.07) is 23.9. The molecular weight excluding hydrogens is 441 g/mol. The summed E-state index contributed by atoms with van der Waals surface area (Å²) in [7, 11) is 0. The number of hydrogen-bond donors (Lipinski definition) is 2. The molecule has 6 nitrogen and oxygen atoms in total. The topological polar surface area (TPSA) is 81.7 Å². The summed E-state index contributed by atoms with van der Waals surface area (Å²) in [5, 5.41) is 8.24. The van der Waals surface area contributed by atoms with E-state index in [9.17, 15) is 13.2 Å². The molecule has 0 saturated heterocycles. The predicted octanol–water partition coefficient (Wildman–Crippen LogP) is 5.70. The van der Waals surface area contributed by atoms with Crippen LogP contribution < -0.4 is 11.1 Å². The molecule has 0 aliphatic rings. The summed E-state index contributed by atoms with van der Waals surface area (Å²) in [4.78, 5) is 9.22. The van der Waals surface area contributed by atoms with E-state index in [4.69, 9.17) is 10.7 Å². The Labute approximate surface area is 192 Å². The van der Waals surface area contributed by atoms with Gasteiger partial charge in [0.15, 0.2) is 5.65 Å². The van der Waals surface area contributed by atoms with Crippen molar-refractivity contribution in [3.05, 3.63) is 96.1 Å². The molecule has 0 atom stereocenters. The lowest BCUT2D eigenvalue weighted by atomic mass is 10.1. The Morgan fingerprint density at radius 1 is 0.824 bits per heavy atom. The van der Waals surface area contributed by atoms with Crippen LogP contribution in [0.1, 0.15) is 11.1 Å². The Bertz CT molecular complexity index is 1430. The fraction of sp³-hybridized carbons (Fsp3) is 0.0800. The van der Waals surface area contributed by atoms with Gasteiger partial charge in [0.05, 0.1) is 22.3 Å². The van der Waals surface area contributed by atoms with Crippen molar-refractivity contribution >= 4 is 22.8 Å². The first-order valence-corrected chi connectivity index (χ1v) is 10.5. The van der Waals surface area contributed by atoms with E-state index in [1.54, 1.807) is 0 Å². The number of nitrogens with one attached hydrogen (secondary N) is 1. The fourth-order valence-corrected chi connectivity index (χ4v) is 3.66. The maximum absolute atomic E-state index is 13.0. The average Bonchev–Trinajstić information content (AvgIpc) is 3.19. The van der Waals surface area contributed by atoms with Crippen LogP contribution in [0.4, 0.5) is 24.9 Å². The lowest BCUT2D eigenvalue weighted by Gasteiger charge is -2.09. The fourth-order valence-electron chi connectivity index (χ4n) is 3.66. The number of benzene rings is 3. The molecule has 3 aromatic carbocycles. The second-order valence-corrected chi connectivity index (χ2v) is 7.64. The van der Waals surface area contributed by atoms with Crippen LogP contribution in [0, 0.1) is 0 Å². The molecule has 5 rings (SSSR count). The molecule has 0 amide bonds. The summed E-state index contributed by atoms with van der Waals surface area (Å²) in [5.74, 6) is 0.607. The van der Waals surface area contributed by atoms with E-state index in [1.807, 2.05) is 60.7 Å². The number of hydrogen-bond acceptors (Lipinski definition) is 5.